The number of fused-ring (bicyclic) bond motifs is 1. The first-order valence-electron chi connectivity index (χ1n) is 11.0. The molecule has 0 aliphatic carbocycles. The Morgan fingerprint density at radius 2 is 1.94 bits per heavy atom. The van der Waals surface area contributed by atoms with Crippen molar-refractivity contribution >= 4 is 11.6 Å². The average molecular weight is 453 g/mol. The van der Waals surface area contributed by atoms with Gasteiger partial charge in [-0.15, -0.1) is 0 Å². The lowest BCUT2D eigenvalue weighted by Crippen LogP contribution is -2.35. The maximum Gasteiger partial charge on any atom is 0.259 e. The van der Waals surface area contributed by atoms with Crippen LogP contribution in [0.3, 0.4) is 0 Å². The molecule has 0 spiro atoms. The molecule has 0 bridgehead atoms. The Balaban J connectivity index is 0.000000172. The molecule has 0 unspecified atom stereocenters. The van der Waals surface area contributed by atoms with Gasteiger partial charge in [-0.2, -0.15) is 0 Å². The van der Waals surface area contributed by atoms with Gasteiger partial charge in [-0.25, -0.2) is 9.97 Å². The number of likely N-dealkylation sites (tertiary alicyclic amines) is 1. The molecule has 3 aromatic heterocycles. The maximum atomic E-state index is 11.9. The van der Waals surface area contributed by atoms with Gasteiger partial charge in [0.05, 0.1) is 49.3 Å². The number of aromatic nitrogens is 4. The highest BCUT2D eigenvalue weighted by atomic mass is 16.5. The van der Waals surface area contributed by atoms with Crippen LogP contribution >= 0.6 is 0 Å². The molecule has 0 radical (unpaired) electrons. The fourth-order valence-electron chi connectivity index (χ4n) is 4.10. The Bertz CT molecular complexity index is 1180. The van der Waals surface area contributed by atoms with Crippen LogP contribution in [-0.4, -0.2) is 57.7 Å². The number of ether oxygens (including phenoxy) is 1. The molecule has 1 saturated heterocycles. The third kappa shape index (κ3) is 4.89. The molecule has 1 N–H and O–H groups in total. The first-order chi connectivity index (χ1) is 16.0. The van der Waals surface area contributed by atoms with Gasteiger partial charge in [0.2, 0.25) is 5.88 Å². The zero-order valence-corrected chi connectivity index (χ0v) is 19.1. The third-order valence-corrected chi connectivity index (χ3v) is 5.95. The van der Waals surface area contributed by atoms with Crippen molar-refractivity contribution in [2.75, 3.05) is 31.6 Å². The van der Waals surface area contributed by atoms with Crippen molar-refractivity contribution in [2.45, 2.75) is 39.7 Å². The van der Waals surface area contributed by atoms with Crippen molar-refractivity contribution in [3.63, 3.8) is 0 Å². The van der Waals surface area contributed by atoms with Crippen molar-refractivity contribution in [2.24, 2.45) is 0 Å². The summed E-state index contributed by atoms with van der Waals surface area (Å²) in [5, 5.41) is 3.59. The number of hydrogen-bond acceptors (Lipinski definition) is 8. The molecular weight excluding hydrogens is 424 g/mol. The SMILES string of the molecule is COc1ncc(N2CCc3nc[nH]c(=O)c3C2)cc1C.Cc1oncc1C(=O)N1CCCC1. The zero-order chi connectivity index (χ0) is 23.4. The highest BCUT2D eigenvalue weighted by Gasteiger charge is 2.23. The monoisotopic (exact) mass is 452 g/mol. The number of nitrogens with zero attached hydrogens (tertiary/aromatic N) is 5. The zero-order valence-electron chi connectivity index (χ0n) is 19.1. The fraction of sp³-hybridized carbons (Fsp3) is 0.435. The van der Waals surface area contributed by atoms with Crippen LogP contribution in [0.15, 0.2) is 34.1 Å². The van der Waals surface area contributed by atoms with E-state index in [9.17, 15) is 9.59 Å². The van der Waals surface area contributed by atoms with E-state index in [2.05, 4.69) is 25.0 Å². The van der Waals surface area contributed by atoms with Gasteiger partial charge >= 0.3 is 0 Å². The van der Waals surface area contributed by atoms with Crippen LogP contribution in [0, 0.1) is 13.8 Å². The number of rotatable bonds is 3. The van der Waals surface area contributed by atoms with Gasteiger partial charge in [0, 0.05) is 31.6 Å². The number of nitrogens with one attached hydrogen (secondary N) is 1. The minimum Gasteiger partial charge on any atom is -0.481 e. The van der Waals surface area contributed by atoms with Crippen molar-refractivity contribution in [3.05, 3.63) is 63.3 Å². The molecule has 1 amide bonds. The number of H-pyrrole nitrogens is 1. The van der Waals surface area contributed by atoms with Gasteiger partial charge in [0.15, 0.2) is 0 Å². The maximum absolute atomic E-state index is 11.9. The third-order valence-electron chi connectivity index (χ3n) is 5.95. The summed E-state index contributed by atoms with van der Waals surface area (Å²) >= 11 is 0. The van der Waals surface area contributed by atoms with Crippen LogP contribution in [0.2, 0.25) is 0 Å². The van der Waals surface area contributed by atoms with Crippen LogP contribution in [-0.2, 0) is 13.0 Å². The van der Waals surface area contributed by atoms with E-state index in [-0.39, 0.29) is 11.5 Å². The highest BCUT2D eigenvalue weighted by molar-refractivity contribution is 5.94. The summed E-state index contributed by atoms with van der Waals surface area (Å²) < 4.78 is 10.0. The number of methoxy groups -OCH3 is 1. The van der Waals surface area contributed by atoms with Crippen molar-refractivity contribution in [1.82, 2.24) is 25.0 Å². The predicted molar refractivity (Wildman–Crippen MR) is 122 cm³/mol. The molecule has 5 rings (SSSR count). The van der Waals surface area contributed by atoms with E-state index in [4.69, 9.17) is 9.26 Å². The fourth-order valence-corrected chi connectivity index (χ4v) is 4.10. The second-order valence-electron chi connectivity index (χ2n) is 8.14. The summed E-state index contributed by atoms with van der Waals surface area (Å²) in [6.07, 6.45) is 7.73. The summed E-state index contributed by atoms with van der Waals surface area (Å²) in [4.78, 5) is 38.7. The molecule has 10 nitrogen and oxygen atoms in total. The number of pyridine rings is 1. The van der Waals surface area contributed by atoms with Crippen LogP contribution < -0.4 is 15.2 Å². The van der Waals surface area contributed by atoms with Gasteiger partial charge in [-0.3, -0.25) is 9.59 Å². The van der Waals surface area contributed by atoms with Crippen LogP contribution in [0.4, 0.5) is 5.69 Å². The Morgan fingerprint density at radius 1 is 1.15 bits per heavy atom. The summed E-state index contributed by atoms with van der Waals surface area (Å²) in [6.45, 7) is 6.84. The second kappa shape index (κ2) is 9.85. The average Bonchev–Trinajstić information content (AvgIpc) is 3.51. The highest BCUT2D eigenvalue weighted by Crippen LogP contribution is 2.25. The largest absolute Gasteiger partial charge is 0.481 e. The number of aryl methyl sites for hydroxylation is 2. The molecule has 0 atom stereocenters. The molecular formula is C23H28N6O4. The lowest BCUT2D eigenvalue weighted by Gasteiger charge is -2.29. The summed E-state index contributed by atoms with van der Waals surface area (Å²) in [7, 11) is 1.61. The molecule has 0 aromatic carbocycles. The minimum atomic E-state index is -0.0575. The first-order valence-corrected chi connectivity index (χ1v) is 11.0. The molecule has 5 heterocycles. The second-order valence-corrected chi connectivity index (χ2v) is 8.14. The van der Waals surface area contributed by atoms with Crippen LogP contribution in [0.25, 0.3) is 0 Å². The van der Waals surface area contributed by atoms with Crippen molar-refractivity contribution < 1.29 is 14.1 Å². The van der Waals surface area contributed by atoms with E-state index in [1.54, 1.807) is 20.2 Å². The number of hydrogen-bond donors (Lipinski definition) is 1. The van der Waals surface area contributed by atoms with E-state index >= 15 is 0 Å². The van der Waals surface area contributed by atoms with E-state index in [1.165, 1.54) is 12.5 Å². The first kappa shape index (κ1) is 22.5. The number of aromatic amines is 1. The van der Waals surface area contributed by atoms with Gasteiger partial charge in [-0.1, -0.05) is 5.16 Å². The predicted octanol–water partition coefficient (Wildman–Crippen LogP) is 2.26. The quantitative estimate of drug-likeness (QED) is 0.643. The Morgan fingerprint density at radius 3 is 2.61 bits per heavy atom. The molecule has 1 fully saturated rings. The Labute approximate surface area is 191 Å². The van der Waals surface area contributed by atoms with Crippen molar-refractivity contribution in [1.29, 1.82) is 0 Å². The van der Waals surface area contributed by atoms with Gasteiger partial charge < -0.3 is 24.0 Å². The molecule has 174 valence electrons. The molecule has 10 heteroatoms. The van der Waals surface area contributed by atoms with E-state index in [1.807, 2.05) is 17.9 Å². The molecule has 33 heavy (non-hydrogen) atoms. The van der Waals surface area contributed by atoms with Crippen LogP contribution in [0.1, 0.15) is 45.8 Å². The number of anilines is 1. The molecule has 2 aliphatic rings. The standard InChI is InChI=1S/C14H16N4O2.C9H12N2O2/c1-9-5-10(6-15-14(9)20-2)18-4-3-12-11(7-18)13(19)17-8-16-12;1-7-8(6-10-13-7)9(12)11-4-2-3-5-11/h5-6,8H,3-4,7H2,1-2H3,(H,16,17,19);6H,2-5H2,1H3. The minimum absolute atomic E-state index is 0.0521. The summed E-state index contributed by atoms with van der Waals surface area (Å²) in [5.41, 5.74) is 4.16. The lowest BCUT2D eigenvalue weighted by molar-refractivity contribution is 0.0791. The topological polar surface area (TPSA) is 117 Å². The summed E-state index contributed by atoms with van der Waals surface area (Å²) in [6, 6.07) is 2.03. The van der Waals surface area contributed by atoms with E-state index in [0.717, 1.165) is 61.4 Å². The van der Waals surface area contributed by atoms with E-state index < -0.39 is 0 Å². The Kier molecular flexibility index (Phi) is 6.71. The normalized spacial score (nSPS) is 15.0. The number of carbonyl (C=O) groups is 1. The van der Waals surface area contributed by atoms with Gasteiger partial charge in [-0.05, 0) is 32.8 Å². The molecule has 2 aliphatic heterocycles. The van der Waals surface area contributed by atoms with Crippen LogP contribution in [0.5, 0.6) is 5.88 Å². The smallest absolute Gasteiger partial charge is 0.259 e. The molecule has 3 aromatic rings. The summed E-state index contributed by atoms with van der Waals surface area (Å²) in [5.74, 6) is 1.29. The lowest BCUT2D eigenvalue weighted by atomic mass is 10.1. The van der Waals surface area contributed by atoms with Crippen molar-refractivity contribution in [3.8, 4) is 5.88 Å². The van der Waals surface area contributed by atoms with Gasteiger partial charge in [0.25, 0.3) is 11.5 Å². The molecule has 0 saturated carbocycles. The van der Waals surface area contributed by atoms with E-state index in [0.29, 0.717) is 23.7 Å². The number of carbonyl (C=O) groups excluding carboxylic acids is 1. The Hall–Kier alpha value is -3.69. The number of amides is 1. The van der Waals surface area contributed by atoms with Gasteiger partial charge in [0.1, 0.15) is 11.3 Å².